The van der Waals surface area contributed by atoms with E-state index in [1.807, 2.05) is 6.92 Å². The molecule has 0 N–H and O–H groups in total. The zero-order valence-electron chi connectivity index (χ0n) is 10.1. The second-order valence-corrected chi connectivity index (χ2v) is 3.71. The highest BCUT2D eigenvalue weighted by Gasteiger charge is 2.10. The molecule has 0 aliphatic heterocycles. The smallest absolute Gasteiger partial charge is 0.348 e. The summed E-state index contributed by atoms with van der Waals surface area (Å²) in [5.74, 6) is -1.09. The largest absolute Gasteiger partial charge is 0.462 e. The van der Waals surface area contributed by atoms with Crippen LogP contribution >= 0.6 is 0 Å². The fourth-order valence-corrected chi connectivity index (χ4v) is 1.29. The molecule has 0 aliphatic rings. The van der Waals surface area contributed by atoms with E-state index >= 15 is 0 Å². The van der Waals surface area contributed by atoms with Gasteiger partial charge in [-0.3, -0.25) is 0 Å². The van der Waals surface area contributed by atoms with E-state index in [-0.39, 0.29) is 12.2 Å². The molecule has 0 aromatic heterocycles. The number of nitriles is 1. The number of hydrogen-bond acceptors (Lipinski definition) is 3. The Morgan fingerprint density at radius 2 is 2.33 bits per heavy atom. The van der Waals surface area contributed by atoms with Gasteiger partial charge in [-0.15, -0.1) is 0 Å². The van der Waals surface area contributed by atoms with Crippen LogP contribution in [0.3, 0.4) is 0 Å². The summed E-state index contributed by atoms with van der Waals surface area (Å²) < 4.78 is 17.9. The standard InChI is InChI=1S/C14H14FNO2/c1-2-3-7-18-14(17)12(10-16)8-11-5-4-6-13(15)9-11/h4-6,8-9H,2-3,7H2,1H3/b12-8-. The summed E-state index contributed by atoms with van der Waals surface area (Å²) in [5, 5.41) is 8.87. The Balaban J connectivity index is 2.77. The number of rotatable bonds is 5. The molecule has 0 unspecified atom stereocenters. The van der Waals surface area contributed by atoms with Crippen molar-refractivity contribution in [1.82, 2.24) is 0 Å². The summed E-state index contributed by atoms with van der Waals surface area (Å²) in [7, 11) is 0. The Labute approximate surface area is 105 Å². The normalized spacial score (nSPS) is 10.8. The summed E-state index contributed by atoms with van der Waals surface area (Å²) in [6, 6.07) is 7.43. The van der Waals surface area contributed by atoms with Crippen molar-refractivity contribution in [2.45, 2.75) is 19.8 Å². The van der Waals surface area contributed by atoms with Crippen molar-refractivity contribution in [2.75, 3.05) is 6.61 Å². The van der Waals surface area contributed by atoms with Crippen LogP contribution < -0.4 is 0 Å². The van der Waals surface area contributed by atoms with Gasteiger partial charge in [0.25, 0.3) is 0 Å². The van der Waals surface area contributed by atoms with Gasteiger partial charge < -0.3 is 4.74 Å². The Hall–Kier alpha value is -2.15. The molecule has 3 nitrogen and oxygen atoms in total. The highest BCUT2D eigenvalue weighted by molar-refractivity contribution is 5.97. The third-order valence-electron chi connectivity index (χ3n) is 2.23. The lowest BCUT2D eigenvalue weighted by Crippen LogP contribution is -2.07. The molecule has 0 aliphatic carbocycles. The number of carbonyl (C=O) groups excluding carboxylic acids is 1. The minimum Gasteiger partial charge on any atom is -0.462 e. The van der Waals surface area contributed by atoms with Crippen molar-refractivity contribution in [3.8, 4) is 6.07 Å². The highest BCUT2D eigenvalue weighted by atomic mass is 19.1. The molecule has 4 heteroatoms. The Kier molecular flexibility index (Phi) is 5.59. The number of hydrogen-bond donors (Lipinski definition) is 0. The van der Waals surface area contributed by atoms with Gasteiger partial charge in [-0.2, -0.15) is 5.26 Å². The van der Waals surface area contributed by atoms with E-state index in [0.29, 0.717) is 5.56 Å². The minimum atomic E-state index is -0.671. The second kappa shape index (κ2) is 7.23. The third kappa shape index (κ3) is 4.38. The van der Waals surface area contributed by atoms with Crippen LogP contribution in [0.25, 0.3) is 6.08 Å². The molecule has 0 atom stereocenters. The van der Waals surface area contributed by atoms with Gasteiger partial charge in [0.1, 0.15) is 17.5 Å². The Morgan fingerprint density at radius 3 is 2.94 bits per heavy atom. The van der Waals surface area contributed by atoms with Crippen molar-refractivity contribution in [1.29, 1.82) is 5.26 Å². The van der Waals surface area contributed by atoms with E-state index in [9.17, 15) is 9.18 Å². The zero-order valence-corrected chi connectivity index (χ0v) is 10.1. The zero-order chi connectivity index (χ0) is 13.4. The molecule has 1 aromatic rings. The van der Waals surface area contributed by atoms with Gasteiger partial charge in [0, 0.05) is 0 Å². The number of halogens is 1. The maximum atomic E-state index is 12.9. The van der Waals surface area contributed by atoms with E-state index in [4.69, 9.17) is 10.00 Å². The predicted molar refractivity (Wildman–Crippen MR) is 65.9 cm³/mol. The van der Waals surface area contributed by atoms with Crippen molar-refractivity contribution < 1.29 is 13.9 Å². The number of nitrogens with zero attached hydrogens (tertiary/aromatic N) is 1. The van der Waals surface area contributed by atoms with Crippen LogP contribution in [0.15, 0.2) is 29.8 Å². The lowest BCUT2D eigenvalue weighted by Gasteiger charge is -2.02. The number of benzene rings is 1. The van der Waals surface area contributed by atoms with Crippen LogP contribution in [0.5, 0.6) is 0 Å². The lowest BCUT2D eigenvalue weighted by atomic mass is 10.1. The molecular formula is C14H14FNO2. The molecule has 0 heterocycles. The third-order valence-corrected chi connectivity index (χ3v) is 2.23. The van der Waals surface area contributed by atoms with Gasteiger partial charge in [0.05, 0.1) is 6.61 Å². The van der Waals surface area contributed by atoms with E-state index in [2.05, 4.69) is 0 Å². The molecule has 0 saturated carbocycles. The van der Waals surface area contributed by atoms with E-state index in [1.54, 1.807) is 12.1 Å². The first-order chi connectivity index (χ1) is 8.67. The Morgan fingerprint density at radius 1 is 1.56 bits per heavy atom. The van der Waals surface area contributed by atoms with Gasteiger partial charge in [0.2, 0.25) is 0 Å². The summed E-state index contributed by atoms with van der Waals surface area (Å²) in [5.41, 5.74) is 0.329. The first-order valence-electron chi connectivity index (χ1n) is 5.72. The number of ether oxygens (including phenoxy) is 1. The van der Waals surface area contributed by atoms with Crippen LogP contribution in [-0.4, -0.2) is 12.6 Å². The van der Waals surface area contributed by atoms with Gasteiger partial charge in [-0.05, 0) is 30.2 Å². The lowest BCUT2D eigenvalue weighted by molar-refractivity contribution is -0.138. The maximum Gasteiger partial charge on any atom is 0.348 e. The van der Waals surface area contributed by atoms with Crippen molar-refractivity contribution in [2.24, 2.45) is 0 Å². The monoisotopic (exact) mass is 247 g/mol. The summed E-state index contributed by atoms with van der Waals surface area (Å²) in [6.07, 6.45) is 2.98. The van der Waals surface area contributed by atoms with Gasteiger partial charge >= 0.3 is 5.97 Å². The molecule has 0 fully saturated rings. The quantitative estimate of drug-likeness (QED) is 0.348. The molecular weight excluding hydrogens is 233 g/mol. The first kappa shape index (κ1) is 13.9. The molecule has 0 bridgehead atoms. The SMILES string of the molecule is CCCCOC(=O)/C(C#N)=C\c1cccc(F)c1. The molecule has 1 aromatic carbocycles. The average Bonchev–Trinajstić information content (AvgIpc) is 2.36. The molecule has 94 valence electrons. The topological polar surface area (TPSA) is 50.1 Å². The fourth-order valence-electron chi connectivity index (χ4n) is 1.29. The Bertz CT molecular complexity index is 489. The summed E-state index contributed by atoms with van der Waals surface area (Å²) in [6.45, 7) is 2.26. The second-order valence-electron chi connectivity index (χ2n) is 3.71. The summed E-state index contributed by atoms with van der Waals surface area (Å²) in [4.78, 5) is 11.5. The number of unbranched alkanes of at least 4 members (excludes halogenated alkanes) is 1. The maximum absolute atomic E-state index is 12.9. The molecule has 0 spiro atoms. The predicted octanol–water partition coefficient (Wildman–Crippen LogP) is 3.08. The molecule has 0 saturated heterocycles. The number of esters is 1. The van der Waals surface area contributed by atoms with Crippen molar-refractivity contribution >= 4 is 12.0 Å². The van der Waals surface area contributed by atoms with Crippen LogP contribution in [0.4, 0.5) is 4.39 Å². The van der Waals surface area contributed by atoms with Crippen molar-refractivity contribution in [3.05, 3.63) is 41.2 Å². The molecule has 18 heavy (non-hydrogen) atoms. The van der Waals surface area contributed by atoms with E-state index in [0.717, 1.165) is 12.8 Å². The highest BCUT2D eigenvalue weighted by Crippen LogP contribution is 2.10. The molecule has 0 radical (unpaired) electrons. The van der Waals surface area contributed by atoms with E-state index in [1.165, 1.54) is 24.3 Å². The van der Waals surface area contributed by atoms with Gasteiger partial charge in [-0.25, -0.2) is 9.18 Å². The van der Waals surface area contributed by atoms with Crippen LogP contribution in [0.1, 0.15) is 25.3 Å². The molecule has 1 rings (SSSR count). The minimum absolute atomic E-state index is 0.128. The average molecular weight is 247 g/mol. The van der Waals surface area contributed by atoms with Crippen LogP contribution in [-0.2, 0) is 9.53 Å². The van der Waals surface area contributed by atoms with E-state index < -0.39 is 11.8 Å². The van der Waals surface area contributed by atoms with Crippen LogP contribution in [0.2, 0.25) is 0 Å². The van der Waals surface area contributed by atoms with Crippen molar-refractivity contribution in [3.63, 3.8) is 0 Å². The van der Waals surface area contributed by atoms with Gasteiger partial charge in [-0.1, -0.05) is 25.5 Å². The fraction of sp³-hybridized carbons (Fsp3) is 0.286. The van der Waals surface area contributed by atoms with Crippen LogP contribution in [0, 0.1) is 17.1 Å². The first-order valence-corrected chi connectivity index (χ1v) is 5.72. The van der Waals surface area contributed by atoms with Gasteiger partial charge in [0.15, 0.2) is 0 Å². The molecule has 0 amide bonds. The summed E-state index contributed by atoms with van der Waals surface area (Å²) >= 11 is 0. The number of carbonyl (C=O) groups is 1.